The Labute approximate surface area is 107 Å². The summed E-state index contributed by atoms with van der Waals surface area (Å²) in [4.78, 5) is 0. The maximum Gasteiger partial charge on any atom is 0.184 e. The van der Waals surface area contributed by atoms with Crippen LogP contribution in [0, 0.1) is 0 Å². The summed E-state index contributed by atoms with van der Waals surface area (Å²) in [5.74, 6) is 0.821. The van der Waals surface area contributed by atoms with Gasteiger partial charge in [-0.15, -0.1) is 0 Å². The highest BCUT2D eigenvalue weighted by atomic mass is 16.7. The monoisotopic (exact) mass is 244 g/mol. The van der Waals surface area contributed by atoms with Gasteiger partial charge in [0.05, 0.1) is 6.61 Å². The molecule has 0 aliphatic carbocycles. The average Bonchev–Trinajstić information content (AvgIpc) is 2.47. The number of allylic oxidation sites excluding steroid dienone is 1. The minimum Gasteiger partial charge on any atom is -0.486 e. The SMILES string of the molecule is C=CC1=CC[C@@H]2O[C@H](c3ccccc3)OC[C@H]2O1. The van der Waals surface area contributed by atoms with Crippen molar-refractivity contribution in [3.8, 4) is 0 Å². The molecule has 0 bridgehead atoms. The fraction of sp³-hybridized carbons (Fsp3) is 0.333. The number of hydrogen-bond donors (Lipinski definition) is 0. The minimum atomic E-state index is -0.283. The Balaban J connectivity index is 1.72. The molecule has 18 heavy (non-hydrogen) atoms. The van der Waals surface area contributed by atoms with E-state index in [2.05, 4.69) is 6.58 Å². The van der Waals surface area contributed by atoms with Crippen molar-refractivity contribution in [2.75, 3.05) is 6.61 Å². The molecule has 94 valence electrons. The molecule has 2 heterocycles. The second-order valence-corrected chi connectivity index (χ2v) is 4.45. The van der Waals surface area contributed by atoms with E-state index in [9.17, 15) is 0 Å². The standard InChI is InChI=1S/C15H16O3/c1-2-12-8-9-13-14(17-12)10-16-15(18-13)11-6-4-3-5-7-11/h2-8,13-15H,1,9-10H2/t13-,14+,15+/m0/s1. The molecule has 3 nitrogen and oxygen atoms in total. The highest BCUT2D eigenvalue weighted by Crippen LogP contribution is 2.32. The Kier molecular flexibility index (Phi) is 3.17. The van der Waals surface area contributed by atoms with Gasteiger partial charge in [-0.05, 0) is 18.6 Å². The Morgan fingerprint density at radius 3 is 2.78 bits per heavy atom. The van der Waals surface area contributed by atoms with E-state index >= 15 is 0 Å². The average molecular weight is 244 g/mol. The van der Waals surface area contributed by atoms with Crippen molar-refractivity contribution in [2.45, 2.75) is 24.9 Å². The maximum atomic E-state index is 5.94. The molecule has 1 saturated heterocycles. The van der Waals surface area contributed by atoms with Crippen LogP contribution >= 0.6 is 0 Å². The lowest BCUT2D eigenvalue weighted by Crippen LogP contribution is -2.43. The van der Waals surface area contributed by atoms with Crippen LogP contribution in [0.2, 0.25) is 0 Å². The van der Waals surface area contributed by atoms with Gasteiger partial charge in [-0.25, -0.2) is 0 Å². The van der Waals surface area contributed by atoms with Crippen molar-refractivity contribution >= 4 is 0 Å². The lowest BCUT2D eigenvalue weighted by atomic mass is 10.1. The first-order valence-corrected chi connectivity index (χ1v) is 6.18. The van der Waals surface area contributed by atoms with Crippen LogP contribution < -0.4 is 0 Å². The Morgan fingerprint density at radius 1 is 1.17 bits per heavy atom. The van der Waals surface area contributed by atoms with Gasteiger partial charge in [0.1, 0.15) is 18.0 Å². The summed E-state index contributed by atoms with van der Waals surface area (Å²) in [7, 11) is 0. The molecule has 0 radical (unpaired) electrons. The van der Waals surface area contributed by atoms with Gasteiger partial charge in [0.15, 0.2) is 6.29 Å². The van der Waals surface area contributed by atoms with E-state index in [-0.39, 0.29) is 18.5 Å². The van der Waals surface area contributed by atoms with E-state index in [1.807, 2.05) is 36.4 Å². The van der Waals surface area contributed by atoms with Crippen LogP contribution in [-0.4, -0.2) is 18.8 Å². The Bertz CT molecular complexity index is 452. The van der Waals surface area contributed by atoms with Gasteiger partial charge in [0.2, 0.25) is 0 Å². The van der Waals surface area contributed by atoms with Crippen molar-refractivity contribution in [3.63, 3.8) is 0 Å². The number of ether oxygens (including phenoxy) is 3. The summed E-state index contributed by atoms with van der Waals surface area (Å²) in [6, 6.07) is 9.99. The fourth-order valence-corrected chi connectivity index (χ4v) is 2.26. The lowest BCUT2D eigenvalue weighted by molar-refractivity contribution is -0.261. The molecule has 1 aromatic carbocycles. The largest absolute Gasteiger partial charge is 0.486 e. The van der Waals surface area contributed by atoms with Gasteiger partial charge in [-0.2, -0.15) is 0 Å². The number of benzene rings is 1. The second kappa shape index (κ2) is 4.96. The van der Waals surface area contributed by atoms with Crippen LogP contribution in [0.1, 0.15) is 18.3 Å². The van der Waals surface area contributed by atoms with E-state index in [1.165, 1.54) is 0 Å². The van der Waals surface area contributed by atoms with E-state index < -0.39 is 0 Å². The molecular formula is C15H16O3. The van der Waals surface area contributed by atoms with Crippen molar-refractivity contribution in [2.24, 2.45) is 0 Å². The van der Waals surface area contributed by atoms with Crippen molar-refractivity contribution in [1.29, 1.82) is 0 Å². The zero-order chi connectivity index (χ0) is 12.4. The van der Waals surface area contributed by atoms with Crippen molar-refractivity contribution in [3.05, 3.63) is 60.4 Å². The summed E-state index contributed by atoms with van der Waals surface area (Å²) in [5.41, 5.74) is 1.05. The van der Waals surface area contributed by atoms with Gasteiger partial charge in [0, 0.05) is 5.56 Å². The molecule has 1 fully saturated rings. The zero-order valence-corrected chi connectivity index (χ0v) is 10.1. The predicted molar refractivity (Wildman–Crippen MR) is 67.8 cm³/mol. The van der Waals surface area contributed by atoms with Gasteiger partial charge in [-0.1, -0.05) is 36.9 Å². The van der Waals surface area contributed by atoms with Gasteiger partial charge >= 0.3 is 0 Å². The molecule has 0 amide bonds. The van der Waals surface area contributed by atoms with Crippen molar-refractivity contribution < 1.29 is 14.2 Å². The summed E-state index contributed by atoms with van der Waals surface area (Å²) in [6.07, 6.45) is 4.34. The predicted octanol–water partition coefficient (Wildman–Crippen LogP) is 2.96. The molecule has 1 aromatic rings. The first-order valence-electron chi connectivity index (χ1n) is 6.18. The van der Waals surface area contributed by atoms with Gasteiger partial charge < -0.3 is 14.2 Å². The second-order valence-electron chi connectivity index (χ2n) is 4.45. The minimum absolute atomic E-state index is 0.0250. The van der Waals surface area contributed by atoms with Crippen LogP contribution in [0.3, 0.4) is 0 Å². The summed E-state index contributed by atoms with van der Waals surface area (Å²) in [5, 5.41) is 0. The fourth-order valence-electron chi connectivity index (χ4n) is 2.26. The quantitative estimate of drug-likeness (QED) is 0.800. The number of rotatable bonds is 2. The molecule has 2 aliphatic rings. The summed E-state index contributed by atoms with van der Waals surface area (Å²) < 4.78 is 17.4. The van der Waals surface area contributed by atoms with Crippen LogP contribution in [0.4, 0.5) is 0 Å². The molecule has 0 unspecified atom stereocenters. The molecule has 0 saturated carbocycles. The van der Waals surface area contributed by atoms with Crippen LogP contribution in [0.5, 0.6) is 0 Å². The number of hydrogen-bond acceptors (Lipinski definition) is 3. The lowest BCUT2D eigenvalue weighted by Gasteiger charge is -2.38. The topological polar surface area (TPSA) is 27.7 Å². The molecular weight excluding hydrogens is 228 g/mol. The van der Waals surface area contributed by atoms with Crippen molar-refractivity contribution in [1.82, 2.24) is 0 Å². The summed E-state index contributed by atoms with van der Waals surface area (Å²) >= 11 is 0. The Hall–Kier alpha value is -1.58. The van der Waals surface area contributed by atoms with E-state index in [1.54, 1.807) is 6.08 Å². The summed E-state index contributed by atoms with van der Waals surface area (Å²) in [6.45, 7) is 4.26. The molecule has 3 atom stereocenters. The first kappa shape index (κ1) is 11.5. The molecule has 3 rings (SSSR count). The van der Waals surface area contributed by atoms with Crippen LogP contribution in [-0.2, 0) is 14.2 Å². The van der Waals surface area contributed by atoms with E-state index in [4.69, 9.17) is 14.2 Å². The van der Waals surface area contributed by atoms with E-state index in [0.29, 0.717) is 6.61 Å². The zero-order valence-electron chi connectivity index (χ0n) is 10.1. The molecule has 0 N–H and O–H groups in total. The molecule has 0 aromatic heterocycles. The number of fused-ring (bicyclic) bond motifs is 1. The highest BCUT2D eigenvalue weighted by Gasteiger charge is 2.35. The third kappa shape index (κ3) is 2.19. The molecule has 3 heteroatoms. The normalized spacial score (nSPS) is 30.9. The third-order valence-corrected chi connectivity index (χ3v) is 3.24. The van der Waals surface area contributed by atoms with Crippen LogP contribution in [0.25, 0.3) is 0 Å². The van der Waals surface area contributed by atoms with Gasteiger partial charge in [0.25, 0.3) is 0 Å². The molecule has 0 spiro atoms. The maximum absolute atomic E-state index is 5.94. The Morgan fingerprint density at radius 2 is 2.00 bits per heavy atom. The van der Waals surface area contributed by atoms with E-state index in [0.717, 1.165) is 17.7 Å². The highest BCUT2D eigenvalue weighted by molar-refractivity contribution is 5.17. The molecule has 2 aliphatic heterocycles. The van der Waals surface area contributed by atoms with Crippen LogP contribution in [0.15, 0.2) is 54.8 Å². The smallest absolute Gasteiger partial charge is 0.184 e. The first-order chi connectivity index (χ1) is 8.86. The third-order valence-electron chi connectivity index (χ3n) is 3.24. The van der Waals surface area contributed by atoms with Gasteiger partial charge in [-0.3, -0.25) is 0 Å².